The Morgan fingerprint density at radius 3 is 2.69 bits per heavy atom. The van der Waals surface area contributed by atoms with Gasteiger partial charge < -0.3 is 14.2 Å². The molecule has 1 unspecified atom stereocenters. The number of ether oxygens (including phenoxy) is 3. The zero-order valence-corrected chi connectivity index (χ0v) is 14.8. The van der Waals surface area contributed by atoms with Crippen LogP contribution >= 0.6 is 0 Å². The number of nitrogens with zero attached hydrogens (tertiary/aromatic N) is 1. The van der Waals surface area contributed by atoms with Crippen molar-refractivity contribution in [2.75, 3.05) is 32.9 Å². The highest BCUT2D eigenvalue weighted by Crippen LogP contribution is 2.38. The molecule has 0 bridgehead atoms. The van der Waals surface area contributed by atoms with Crippen LogP contribution in [0, 0.1) is 5.82 Å². The van der Waals surface area contributed by atoms with Crippen molar-refractivity contribution >= 4 is 0 Å². The van der Waals surface area contributed by atoms with Crippen molar-refractivity contribution in [1.82, 2.24) is 4.90 Å². The lowest BCUT2D eigenvalue weighted by atomic mass is 10.0. The third kappa shape index (κ3) is 3.93. The molecule has 2 aromatic carbocycles. The topological polar surface area (TPSA) is 30.9 Å². The molecule has 2 aromatic rings. The molecule has 0 spiro atoms. The van der Waals surface area contributed by atoms with Crippen molar-refractivity contribution in [3.63, 3.8) is 0 Å². The standard InChI is InChI=1S/C21H24FNO3/c22-17-5-7-18(8-6-17)24-12-2-11-23-10-1-3-19(23)16-4-9-20-21(15-16)26-14-13-25-20/h4-9,15,19H,1-3,10-14H2. The second kappa shape index (κ2) is 7.96. The maximum atomic E-state index is 12.9. The summed E-state index contributed by atoms with van der Waals surface area (Å²) >= 11 is 0. The fourth-order valence-corrected chi connectivity index (χ4v) is 3.73. The minimum Gasteiger partial charge on any atom is -0.494 e. The number of likely N-dealkylation sites (tertiary alicyclic amines) is 1. The molecule has 1 saturated heterocycles. The molecule has 0 N–H and O–H groups in total. The van der Waals surface area contributed by atoms with Gasteiger partial charge in [0.05, 0.1) is 6.61 Å². The highest BCUT2D eigenvalue weighted by molar-refractivity contribution is 5.44. The first-order chi connectivity index (χ1) is 12.8. The van der Waals surface area contributed by atoms with E-state index in [1.54, 1.807) is 12.1 Å². The number of hydrogen-bond acceptors (Lipinski definition) is 4. The monoisotopic (exact) mass is 357 g/mol. The molecule has 4 rings (SSSR count). The molecule has 0 aromatic heterocycles. The van der Waals surface area contributed by atoms with Crippen LogP contribution in [0.1, 0.15) is 30.9 Å². The molecular weight excluding hydrogens is 333 g/mol. The van der Waals surface area contributed by atoms with Gasteiger partial charge in [0.15, 0.2) is 11.5 Å². The summed E-state index contributed by atoms with van der Waals surface area (Å²) in [5.41, 5.74) is 1.30. The Labute approximate surface area is 153 Å². The second-order valence-corrected chi connectivity index (χ2v) is 6.75. The maximum Gasteiger partial charge on any atom is 0.161 e. The van der Waals surface area contributed by atoms with Gasteiger partial charge in [-0.2, -0.15) is 0 Å². The SMILES string of the molecule is Fc1ccc(OCCCN2CCCC2c2ccc3c(c2)OCCO3)cc1. The van der Waals surface area contributed by atoms with Crippen LogP contribution in [0.4, 0.5) is 4.39 Å². The maximum absolute atomic E-state index is 12.9. The molecule has 4 nitrogen and oxygen atoms in total. The third-order valence-corrected chi connectivity index (χ3v) is 4.99. The number of fused-ring (bicyclic) bond motifs is 1. The molecule has 0 saturated carbocycles. The number of benzene rings is 2. The predicted octanol–water partition coefficient (Wildman–Crippen LogP) is 4.20. The largest absolute Gasteiger partial charge is 0.494 e. The Kier molecular flexibility index (Phi) is 5.25. The van der Waals surface area contributed by atoms with Gasteiger partial charge in [-0.25, -0.2) is 4.39 Å². The lowest BCUT2D eigenvalue weighted by Gasteiger charge is -2.26. The van der Waals surface area contributed by atoms with Crippen molar-refractivity contribution in [3.8, 4) is 17.2 Å². The first-order valence-corrected chi connectivity index (χ1v) is 9.31. The summed E-state index contributed by atoms with van der Waals surface area (Å²) in [4.78, 5) is 2.51. The molecule has 138 valence electrons. The summed E-state index contributed by atoms with van der Waals surface area (Å²) in [5, 5.41) is 0. The van der Waals surface area contributed by atoms with Gasteiger partial charge in [-0.3, -0.25) is 4.90 Å². The van der Waals surface area contributed by atoms with Crippen LogP contribution in [0.2, 0.25) is 0 Å². The summed E-state index contributed by atoms with van der Waals surface area (Å²) in [6.45, 7) is 3.97. The molecule has 0 radical (unpaired) electrons. The number of halogens is 1. The van der Waals surface area contributed by atoms with E-state index in [0.717, 1.165) is 36.8 Å². The third-order valence-electron chi connectivity index (χ3n) is 4.99. The quantitative estimate of drug-likeness (QED) is 0.725. The van der Waals surface area contributed by atoms with E-state index in [-0.39, 0.29) is 5.82 Å². The fourth-order valence-electron chi connectivity index (χ4n) is 3.73. The van der Waals surface area contributed by atoms with Crippen molar-refractivity contribution in [2.45, 2.75) is 25.3 Å². The zero-order valence-electron chi connectivity index (χ0n) is 14.8. The van der Waals surface area contributed by atoms with Crippen molar-refractivity contribution < 1.29 is 18.6 Å². The molecule has 1 fully saturated rings. The summed E-state index contributed by atoms with van der Waals surface area (Å²) in [6, 6.07) is 12.9. The Balaban J connectivity index is 1.31. The lowest BCUT2D eigenvalue weighted by molar-refractivity contribution is 0.170. The van der Waals surface area contributed by atoms with Crippen LogP contribution in [-0.2, 0) is 0 Å². The highest BCUT2D eigenvalue weighted by atomic mass is 19.1. The fraction of sp³-hybridized carbons (Fsp3) is 0.429. The van der Waals surface area contributed by atoms with Crippen LogP contribution in [0.25, 0.3) is 0 Å². The Morgan fingerprint density at radius 1 is 1.04 bits per heavy atom. The molecule has 1 atom stereocenters. The van der Waals surface area contributed by atoms with Gasteiger partial charge in [0.1, 0.15) is 24.8 Å². The van der Waals surface area contributed by atoms with Crippen LogP contribution in [-0.4, -0.2) is 37.8 Å². The Bertz CT molecular complexity index is 735. The van der Waals surface area contributed by atoms with Gasteiger partial charge in [0.2, 0.25) is 0 Å². The minimum absolute atomic E-state index is 0.239. The predicted molar refractivity (Wildman–Crippen MR) is 97.5 cm³/mol. The first kappa shape index (κ1) is 17.2. The van der Waals surface area contributed by atoms with E-state index in [1.165, 1.54) is 30.5 Å². The average Bonchev–Trinajstić information content (AvgIpc) is 3.15. The van der Waals surface area contributed by atoms with E-state index < -0.39 is 0 Å². The van der Waals surface area contributed by atoms with Gasteiger partial charge >= 0.3 is 0 Å². The van der Waals surface area contributed by atoms with Crippen LogP contribution in [0.15, 0.2) is 42.5 Å². The van der Waals surface area contributed by atoms with Gasteiger partial charge in [0, 0.05) is 12.6 Å². The summed E-state index contributed by atoms with van der Waals surface area (Å²) in [5.74, 6) is 2.19. The molecule has 2 aliphatic heterocycles. The number of hydrogen-bond donors (Lipinski definition) is 0. The van der Waals surface area contributed by atoms with E-state index >= 15 is 0 Å². The highest BCUT2D eigenvalue weighted by Gasteiger charge is 2.26. The van der Waals surface area contributed by atoms with Crippen molar-refractivity contribution in [1.29, 1.82) is 0 Å². The van der Waals surface area contributed by atoms with E-state index in [4.69, 9.17) is 14.2 Å². The van der Waals surface area contributed by atoms with E-state index in [9.17, 15) is 4.39 Å². The summed E-state index contributed by atoms with van der Waals surface area (Å²) in [6.07, 6.45) is 3.31. The first-order valence-electron chi connectivity index (χ1n) is 9.31. The smallest absolute Gasteiger partial charge is 0.161 e. The van der Waals surface area contributed by atoms with E-state index in [2.05, 4.69) is 17.0 Å². The Hall–Kier alpha value is -2.27. The number of rotatable bonds is 6. The second-order valence-electron chi connectivity index (χ2n) is 6.75. The minimum atomic E-state index is -0.239. The van der Waals surface area contributed by atoms with Crippen LogP contribution in [0.5, 0.6) is 17.2 Å². The van der Waals surface area contributed by atoms with Gasteiger partial charge in [0.25, 0.3) is 0 Å². The van der Waals surface area contributed by atoms with E-state index in [1.807, 2.05) is 6.07 Å². The van der Waals surface area contributed by atoms with Crippen molar-refractivity contribution in [3.05, 3.63) is 53.8 Å². The molecular formula is C21H24FNO3. The van der Waals surface area contributed by atoms with Crippen LogP contribution in [0.3, 0.4) is 0 Å². The lowest BCUT2D eigenvalue weighted by Crippen LogP contribution is -2.26. The van der Waals surface area contributed by atoms with Gasteiger partial charge in [-0.1, -0.05) is 6.07 Å². The van der Waals surface area contributed by atoms with Crippen molar-refractivity contribution in [2.24, 2.45) is 0 Å². The zero-order chi connectivity index (χ0) is 17.8. The normalized spacial score (nSPS) is 19.5. The van der Waals surface area contributed by atoms with E-state index in [0.29, 0.717) is 25.9 Å². The molecule has 0 amide bonds. The molecule has 26 heavy (non-hydrogen) atoms. The Morgan fingerprint density at radius 2 is 1.85 bits per heavy atom. The molecule has 0 aliphatic carbocycles. The summed E-state index contributed by atoms with van der Waals surface area (Å²) in [7, 11) is 0. The van der Waals surface area contributed by atoms with Crippen LogP contribution < -0.4 is 14.2 Å². The summed E-state index contributed by atoms with van der Waals surface area (Å²) < 4.78 is 30.0. The van der Waals surface area contributed by atoms with Gasteiger partial charge in [-0.15, -0.1) is 0 Å². The molecule has 2 aliphatic rings. The van der Waals surface area contributed by atoms with Gasteiger partial charge in [-0.05, 0) is 67.8 Å². The average molecular weight is 357 g/mol. The molecule has 5 heteroatoms. The molecule has 2 heterocycles.